The number of hydrogen-bond acceptors (Lipinski definition) is 2. The molecule has 1 aliphatic carbocycles. The maximum absolute atomic E-state index is 10.5. The molecule has 0 spiro atoms. The zero-order chi connectivity index (χ0) is 11.0. The van der Waals surface area contributed by atoms with E-state index in [1.807, 2.05) is 6.07 Å². The average Bonchev–Trinajstić information content (AvgIpc) is 2.97. The molecule has 1 heterocycles. The van der Waals surface area contributed by atoms with Gasteiger partial charge in [-0.25, -0.2) is 0 Å². The quantitative estimate of drug-likeness (QED) is 0.809. The van der Waals surface area contributed by atoms with Crippen LogP contribution in [0.4, 0.5) is 0 Å². The number of rotatable bonds is 3. The van der Waals surface area contributed by atoms with Gasteiger partial charge in [0.05, 0.1) is 6.10 Å². The second-order valence-electron chi connectivity index (χ2n) is 5.17. The Labute approximate surface area is 96.7 Å². The molecule has 1 saturated heterocycles. The topological polar surface area (TPSA) is 32.3 Å². The van der Waals surface area contributed by atoms with Crippen LogP contribution in [0, 0.1) is 0 Å². The van der Waals surface area contributed by atoms with E-state index in [1.165, 1.54) is 12.0 Å². The fourth-order valence-corrected chi connectivity index (χ4v) is 3.03. The number of aliphatic hydroxyl groups excluding tert-OH is 1. The molecule has 2 aliphatic rings. The maximum atomic E-state index is 10.5. The van der Waals surface area contributed by atoms with Crippen molar-refractivity contribution >= 4 is 0 Å². The van der Waals surface area contributed by atoms with Crippen LogP contribution in [0.2, 0.25) is 0 Å². The van der Waals surface area contributed by atoms with Gasteiger partial charge in [-0.2, -0.15) is 0 Å². The highest BCUT2D eigenvalue weighted by molar-refractivity contribution is 5.33. The van der Waals surface area contributed by atoms with Crippen molar-refractivity contribution in [3.63, 3.8) is 0 Å². The lowest BCUT2D eigenvalue weighted by Gasteiger charge is -2.28. The molecule has 0 bridgehead atoms. The molecule has 1 aromatic rings. The van der Waals surface area contributed by atoms with Crippen LogP contribution in [0.15, 0.2) is 30.3 Å². The van der Waals surface area contributed by atoms with Gasteiger partial charge in [-0.1, -0.05) is 30.3 Å². The van der Waals surface area contributed by atoms with Gasteiger partial charge in [-0.05, 0) is 37.8 Å². The van der Waals surface area contributed by atoms with Crippen LogP contribution in [-0.4, -0.2) is 23.8 Å². The van der Waals surface area contributed by atoms with E-state index in [0.29, 0.717) is 6.04 Å². The van der Waals surface area contributed by atoms with Gasteiger partial charge in [0.15, 0.2) is 0 Å². The first kappa shape index (κ1) is 10.3. The first-order chi connectivity index (χ1) is 7.83. The Morgan fingerprint density at radius 1 is 1.25 bits per heavy atom. The zero-order valence-electron chi connectivity index (χ0n) is 9.52. The third-order valence-electron chi connectivity index (χ3n) is 4.18. The van der Waals surface area contributed by atoms with Crippen molar-refractivity contribution in [2.24, 2.45) is 0 Å². The van der Waals surface area contributed by atoms with E-state index in [2.05, 4.69) is 29.6 Å². The summed E-state index contributed by atoms with van der Waals surface area (Å²) in [5.41, 5.74) is 1.37. The van der Waals surface area contributed by atoms with Gasteiger partial charge < -0.3 is 10.4 Å². The summed E-state index contributed by atoms with van der Waals surface area (Å²) in [7, 11) is 0. The largest absolute Gasteiger partial charge is 0.391 e. The maximum Gasteiger partial charge on any atom is 0.0789 e. The minimum Gasteiger partial charge on any atom is -0.391 e. The van der Waals surface area contributed by atoms with Crippen LogP contribution in [0.25, 0.3) is 0 Å². The summed E-state index contributed by atoms with van der Waals surface area (Å²) < 4.78 is 0. The van der Waals surface area contributed by atoms with Crippen molar-refractivity contribution in [2.75, 3.05) is 6.54 Å². The number of aliphatic hydroxyl groups is 1. The lowest BCUT2D eigenvalue weighted by molar-refractivity contribution is 0.0959. The molecule has 2 nitrogen and oxygen atoms in total. The molecule has 86 valence electrons. The van der Waals surface area contributed by atoms with Crippen molar-refractivity contribution in [1.29, 1.82) is 0 Å². The SMILES string of the molecule is O[C@@H]([C@@H]1CCCN1)C1(c2ccccc2)CC1. The zero-order valence-corrected chi connectivity index (χ0v) is 9.52. The van der Waals surface area contributed by atoms with E-state index in [0.717, 1.165) is 25.8 Å². The van der Waals surface area contributed by atoms with Crippen LogP contribution in [-0.2, 0) is 5.41 Å². The van der Waals surface area contributed by atoms with Gasteiger partial charge in [-0.3, -0.25) is 0 Å². The summed E-state index contributed by atoms with van der Waals surface area (Å²) in [6.07, 6.45) is 4.38. The van der Waals surface area contributed by atoms with Crippen LogP contribution >= 0.6 is 0 Å². The molecular weight excluding hydrogens is 198 g/mol. The predicted molar refractivity (Wildman–Crippen MR) is 64.4 cm³/mol. The Kier molecular flexibility index (Phi) is 2.49. The van der Waals surface area contributed by atoms with Crippen LogP contribution in [0.1, 0.15) is 31.2 Å². The highest BCUT2D eigenvalue weighted by Crippen LogP contribution is 2.52. The number of nitrogens with one attached hydrogen (secondary N) is 1. The molecular formula is C14H19NO. The van der Waals surface area contributed by atoms with Crippen LogP contribution < -0.4 is 5.32 Å². The highest BCUT2D eigenvalue weighted by atomic mass is 16.3. The minimum absolute atomic E-state index is 0.0588. The molecule has 2 N–H and O–H groups in total. The fourth-order valence-electron chi connectivity index (χ4n) is 3.03. The minimum atomic E-state index is -0.211. The third kappa shape index (κ3) is 1.57. The molecule has 2 heteroatoms. The summed E-state index contributed by atoms with van der Waals surface area (Å²) in [6, 6.07) is 10.8. The fraction of sp³-hybridized carbons (Fsp3) is 0.571. The normalized spacial score (nSPS) is 28.9. The molecule has 1 aliphatic heterocycles. The van der Waals surface area contributed by atoms with Crippen LogP contribution in [0.3, 0.4) is 0 Å². The summed E-state index contributed by atoms with van der Waals surface area (Å²) >= 11 is 0. The highest BCUT2D eigenvalue weighted by Gasteiger charge is 2.52. The van der Waals surface area contributed by atoms with E-state index >= 15 is 0 Å². The Hall–Kier alpha value is -0.860. The Bertz CT molecular complexity index is 352. The number of benzene rings is 1. The van der Waals surface area contributed by atoms with Crippen molar-refractivity contribution in [3.8, 4) is 0 Å². The molecule has 1 saturated carbocycles. The molecule has 0 unspecified atom stereocenters. The molecule has 2 fully saturated rings. The molecule has 0 radical (unpaired) electrons. The Morgan fingerprint density at radius 2 is 2.00 bits per heavy atom. The van der Waals surface area contributed by atoms with Gasteiger partial charge in [0.1, 0.15) is 0 Å². The van der Waals surface area contributed by atoms with Gasteiger partial charge >= 0.3 is 0 Å². The number of hydrogen-bond donors (Lipinski definition) is 2. The summed E-state index contributed by atoms with van der Waals surface area (Å²) in [5, 5.41) is 14.0. The van der Waals surface area contributed by atoms with E-state index in [4.69, 9.17) is 0 Å². The van der Waals surface area contributed by atoms with E-state index in [1.54, 1.807) is 0 Å². The van der Waals surface area contributed by atoms with Crippen molar-refractivity contribution in [2.45, 2.75) is 43.2 Å². The molecule has 2 atom stereocenters. The van der Waals surface area contributed by atoms with Crippen LogP contribution in [0.5, 0.6) is 0 Å². The van der Waals surface area contributed by atoms with E-state index in [-0.39, 0.29) is 11.5 Å². The van der Waals surface area contributed by atoms with Crippen molar-refractivity contribution in [3.05, 3.63) is 35.9 Å². The van der Waals surface area contributed by atoms with Gasteiger partial charge in [0.2, 0.25) is 0 Å². The molecule has 0 amide bonds. The lowest BCUT2D eigenvalue weighted by atomic mass is 9.85. The summed E-state index contributed by atoms with van der Waals surface area (Å²) in [6.45, 7) is 1.06. The van der Waals surface area contributed by atoms with Crippen molar-refractivity contribution in [1.82, 2.24) is 5.32 Å². The second kappa shape index (κ2) is 3.86. The van der Waals surface area contributed by atoms with E-state index < -0.39 is 0 Å². The standard InChI is InChI=1S/C14H19NO/c16-13(12-7-4-10-15-12)14(8-9-14)11-5-2-1-3-6-11/h1-3,5-6,12-13,15-16H,4,7-10H2/t12-,13-/m0/s1. The smallest absolute Gasteiger partial charge is 0.0789 e. The lowest BCUT2D eigenvalue weighted by Crippen LogP contribution is -2.42. The molecule has 3 rings (SSSR count). The van der Waals surface area contributed by atoms with Gasteiger partial charge in [0.25, 0.3) is 0 Å². The van der Waals surface area contributed by atoms with Gasteiger partial charge in [-0.15, -0.1) is 0 Å². The van der Waals surface area contributed by atoms with Gasteiger partial charge in [0, 0.05) is 11.5 Å². The summed E-state index contributed by atoms with van der Waals surface area (Å²) in [4.78, 5) is 0. The van der Waals surface area contributed by atoms with Crippen molar-refractivity contribution < 1.29 is 5.11 Å². The third-order valence-corrected chi connectivity index (χ3v) is 4.18. The molecule has 16 heavy (non-hydrogen) atoms. The Morgan fingerprint density at radius 3 is 2.56 bits per heavy atom. The first-order valence-corrected chi connectivity index (χ1v) is 6.30. The average molecular weight is 217 g/mol. The predicted octanol–water partition coefficient (Wildman–Crippen LogP) is 1.83. The second-order valence-corrected chi connectivity index (χ2v) is 5.17. The first-order valence-electron chi connectivity index (χ1n) is 6.30. The molecule has 0 aromatic heterocycles. The summed E-state index contributed by atoms with van der Waals surface area (Å²) in [5.74, 6) is 0. The monoisotopic (exact) mass is 217 g/mol. The Balaban J connectivity index is 1.82. The van der Waals surface area contributed by atoms with E-state index in [9.17, 15) is 5.11 Å². The molecule has 1 aromatic carbocycles.